The molecule has 3 aliphatic rings. The lowest BCUT2D eigenvalue weighted by atomic mass is 9.81. The second-order valence-corrected chi connectivity index (χ2v) is 7.19. The molecule has 1 aliphatic heterocycles. The summed E-state index contributed by atoms with van der Waals surface area (Å²) in [5.74, 6) is 1.65. The third-order valence-corrected chi connectivity index (χ3v) is 5.67. The van der Waals surface area contributed by atoms with Crippen molar-refractivity contribution in [1.82, 2.24) is 5.32 Å². The molecule has 1 N–H and O–H groups in total. The van der Waals surface area contributed by atoms with E-state index in [9.17, 15) is 0 Å². The Morgan fingerprint density at radius 3 is 2.33 bits per heavy atom. The number of nitrogens with one attached hydrogen (secondary N) is 1. The lowest BCUT2D eigenvalue weighted by Crippen LogP contribution is -2.45. The first-order valence-corrected chi connectivity index (χ1v) is 8.83. The van der Waals surface area contributed by atoms with Gasteiger partial charge < -0.3 is 10.1 Å². The number of hydrogen-bond acceptors (Lipinski definition) is 2. The largest absolute Gasteiger partial charge is 0.376 e. The van der Waals surface area contributed by atoms with Crippen LogP contribution in [-0.2, 0) is 4.74 Å². The van der Waals surface area contributed by atoms with E-state index >= 15 is 0 Å². The molecule has 0 radical (unpaired) electrons. The van der Waals surface area contributed by atoms with Crippen LogP contribution in [-0.4, -0.2) is 24.8 Å². The Hall–Kier alpha value is -0.860. The lowest BCUT2D eigenvalue weighted by Gasteiger charge is -2.32. The van der Waals surface area contributed by atoms with Gasteiger partial charge in [-0.2, -0.15) is 0 Å². The monoisotopic (exact) mass is 285 g/mol. The van der Waals surface area contributed by atoms with Crippen LogP contribution in [0.25, 0.3) is 0 Å². The molecule has 2 saturated carbocycles. The molecule has 1 saturated heterocycles. The van der Waals surface area contributed by atoms with Gasteiger partial charge in [0.2, 0.25) is 0 Å². The van der Waals surface area contributed by atoms with Gasteiger partial charge in [-0.15, -0.1) is 0 Å². The fourth-order valence-corrected chi connectivity index (χ4v) is 4.30. The van der Waals surface area contributed by atoms with E-state index in [0.717, 1.165) is 24.5 Å². The number of ether oxygens (including phenoxy) is 1. The molecule has 4 rings (SSSR count). The van der Waals surface area contributed by atoms with Crippen molar-refractivity contribution in [2.24, 2.45) is 5.92 Å². The summed E-state index contributed by atoms with van der Waals surface area (Å²) >= 11 is 0. The molecule has 114 valence electrons. The summed E-state index contributed by atoms with van der Waals surface area (Å²) in [4.78, 5) is 0. The molecule has 1 aromatic rings. The summed E-state index contributed by atoms with van der Waals surface area (Å²) in [6.45, 7) is 0.970. The summed E-state index contributed by atoms with van der Waals surface area (Å²) in [6, 6.07) is 12.4. The molecule has 2 nitrogen and oxygen atoms in total. The van der Waals surface area contributed by atoms with Crippen molar-refractivity contribution in [3.8, 4) is 0 Å². The minimum atomic E-state index is 0.525. The molecule has 2 aliphatic carbocycles. The Bertz CT molecular complexity index is 448. The normalized spacial score (nSPS) is 36.8. The number of benzene rings is 1. The van der Waals surface area contributed by atoms with E-state index < -0.39 is 0 Å². The van der Waals surface area contributed by atoms with Gasteiger partial charge in [-0.25, -0.2) is 0 Å². The Balaban J connectivity index is 1.29. The van der Waals surface area contributed by atoms with Crippen molar-refractivity contribution >= 4 is 0 Å². The Labute approximate surface area is 128 Å². The van der Waals surface area contributed by atoms with Crippen LogP contribution in [0.4, 0.5) is 0 Å². The van der Waals surface area contributed by atoms with Gasteiger partial charge in [-0.3, -0.25) is 0 Å². The SMILES string of the molecule is c1ccc(C2CCC(NC3CCOC3C3CC3)CC2)cc1. The standard InChI is InChI=1S/C19H27NO/c1-2-4-14(5-3-1)15-8-10-17(11-9-15)20-18-12-13-21-19(18)16-6-7-16/h1-5,15-20H,6-13H2. The minimum Gasteiger partial charge on any atom is -0.376 e. The molecule has 0 aromatic heterocycles. The van der Waals surface area contributed by atoms with E-state index in [1.54, 1.807) is 0 Å². The van der Waals surface area contributed by atoms with Gasteiger partial charge in [-0.05, 0) is 62.3 Å². The maximum atomic E-state index is 5.96. The molecule has 0 bridgehead atoms. The summed E-state index contributed by atoms with van der Waals surface area (Å²) in [7, 11) is 0. The highest BCUT2D eigenvalue weighted by molar-refractivity contribution is 5.20. The summed E-state index contributed by atoms with van der Waals surface area (Å²) in [6.07, 6.45) is 9.86. The van der Waals surface area contributed by atoms with Crippen LogP contribution in [0.2, 0.25) is 0 Å². The van der Waals surface area contributed by atoms with E-state index in [2.05, 4.69) is 35.6 Å². The predicted molar refractivity (Wildman–Crippen MR) is 85.4 cm³/mol. The molecule has 2 atom stereocenters. The topological polar surface area (TPSA) is 21.3 Å². The van der Waals surface area contributed by atoms with Crippen LogP contribution >= 0.6 is 0 Å². The summed E-state index contributed by atoms with van der Waals surface area (Å²) < 4.78 is 5.96. The average Bonchev–Trinajstić information content (AvgIpc) is 3.29. The zero-order chi connectivity index (χ0) is 14.1. The van der Waals surface area contributed by atoms with Gasteiger partial charge in [0.1, 0.15) is 0 Å². The van der Waals surface area contributed by atoms with Gasteiger partial charge in [0.15, 0.2) is 0 Å². The molecule has 1 heterocycles. The van der Waals surface area contributed by atoms with Crippen LogP contribution < -0.4 is 5.32 Å². The van der Waals surface area contributed by atoms with Gasteiger partial charge in [0.25, 0.3) is 0 Å². The van der Waals surface area contributed by atoms with Crippen LogP contribution in [0.3, 0.4) is 0 Å². The summed E-state index contributed by atoms with van der Waals surface area (Å²) in [5, 5.41) is 3.94. The van der Waals surface area contributed by atoms with Crippen LogP contribution in [0, 0.1) is 5.92 Å². The lowest BCUT2D eigenvalue weighted by molar-refractivity contribution is 0.0773. The van der Waals surface area contributed by atoms with Crippen LogP contribution in [0.5, 0.6) is 0 Å². The first-order chi connectivity index (χ1) is 10.4. The fourth-order valence-electron chi connectivity index (χ4n) is 4.30. The molecule has 0 spiro atoms. The Morgan fingerprint density at radius 2 is 1.62 bits per heavy atom. The van der Waals surface area contributed by atoms with Crippen molar-refractivity contribution in [3.63, 3.8) is 0 Å². The summed E-state index contributed by atoms with van der Waals surface area (Å²) in [5.41, 5.74) is 1.54. The van der Waals surface area contributed by atoms with E-state index in [1.165, 1.54) is 50.5 Å². The van der Waals surface area contributed by atoms with Crippen molar-refractivity contribution < 1.29 is 4.74 Å². The van der Waals surface area contributed by atoms with E-state index in [1.807, 2.05) is 0 Å². The van der Waals surface area contributed by atoms with E-state index in [0.29, 0.717) is 12.1 Å². The molecule has 3 fully saturated rings. The maximum absolute atomic E-state index is 5.96. The van der Waals surface area contributed by atoms with Crippen molar-refractivity contribution in [2.45, 2.75) is 69.1 Å². The Kier molecular flexibility index (Phi) is 4.00. The van der Waals surface area contributed by atoms with Crippen molar-refractivity contribution in [1.29, 1.82) is 0 Å². The predicted octanol–water partition coefficient (Wildman–Crippen LogP) is 3.87. The highest BCUT2D eigenvalue weighted by atomic mass is 16.5. The molecule has 2 unspecified atom stereocenters. The smallest absolute Gasteiger partial charge is 0.0757 e. The second kappa shape index (κ2) is 6.10. The maximum Gasteiger partial charge on any atom is 0.0757 e. The molecular formula is C19H27NO. The fraction of sp³-hybridized carbons (Fsp3) is 0.684. The quantitative estimate of drug-likeness (QED) is 0.906. The molecule has 1 aromatic carbocycles. The van der Waals surface area contributed by atoms with Gasteiger partial charge in [0.05, 0.1) is 6.10 Å². The zero-order valence-corrected chi connectivity index (χ0v) is 12.8. The third-order valence-electron chi connectivity index (χ3n) is 5.67. The first-order valence-electron chi connectivity index (χ1n) is 8.83. The van der Waals surface area contributed by atoms with Crippen molar-refractivity contribution in [2.75, 3.05) is 6.61 Å². The molecule has 21 heavy (non-hydrogen) atoms. The first kappa shape index (κ1) is 13.8. The van der Waals surface area contributed by atoms with Crippen LogP contribution in [0.15, 0.2) is 30.3 Å². The van der Waals surface area contributed by atoms with Gasteiger partial charge in [0, 0.05) is 18.7 Å². The van der Waals surface area contributed by atoms with Gasteiger partial charge >= 0.3 is 0 Å². The number of rotatable bonds is 4. The van der Waals surface area contributed by atoms with Gasteiger partial charge in [-0.1, -0.05) is 30.3 Å². The highest BCUT2D eigenvalue weighted by Crippen LogP contribution is 2.39. The minimum absolute atomic E-state index is 0.525. The average molecular weight is 285 g/mol. The zero-order valence-electron chi connectivity index (χ0n) is 12.8. The van der Waals surface area contributed by atoms with E-state index in [-0.39, 0.29) is 0 Å². The van der Waals surface area contributed by atoms with E-state index in [4.69, 9.17) is 4.74 Å². The third kappa shape index (κ3) is 3.17. The molecule has 2 heteroatoms. The highest BCUT2D eigenvalue weighted by Gasteiger charge is 2.41. The second-order valence-electron chi connectivity index (χ2n) is 7.19. The molecular weight excluding hydrogens is 258 g/mol. The van der Waals surface area contributed by atoms with Crippen molar-refractivity contribution in [3.05, 3.63) is 35.9 Å². The number of hydrogen-bond donors (Lipinski definition) is 1. The Morgan fingerprint density at radius 1 is 0.857 bits per heavy atom. The molecule has 0 amide bonds. The van der Waals surface area contributed by atoms with Crippen LogP contribution in [0.1, 0.15) is 56.4 Å².